The van der Waals surface area contributed by atoms with Crippen LogP contribution >= 0.6 is 0 Å². The van der Waals surface area contributed by atoms with Crippen LogP contribution in [0.4, 0.5) is 16.0 Å². The molecule has 0 unspecified atom stereocenters. The van der Waals surface area contributed by atoms with Crippen LogP contribution in [0.1, 0.15) is 11.1 Å². The Morgan fingerprint density at radius 3 is 1.96 bits per heavy atom. The van der Waals surface area contributed by atoms with Gasteiger partial charge in [-0.2, -0.15) is 0 Å². The average Bonchev–Trinajstić information content (AvgIpc) is 2.71. The lowest BCUT2D eigenvalue weighted by atomic mass is 10.1. The SMILES string of the molecule is Fc1ccc(Cc2ccc(N3CCN(c4ccccn4)CC3)nc2)cc1. The summed E-state index contributed by atoms with van der Waals surface area (Å²) in [5.74, 6) is 1.84. The van der Waals surface area contributed by atoms with E-state index in [2.05, 4.69) is 38.0 Å². The van der Waals surface area contributed by atoms with E-state index in [1.165, 1.54) is 12.1 Å². The summed E-state index contributed by atoms with van der Waals surface area (Å²) in [6.45, 7) is 3.74. The molecule has 132 valence electrons. The molecule has 3 heterocycles. The molecule has 0 atom stereocenters. The second-order valence-electron chi connectivity index (χ2n) is 6.49. The molecule has 1 fully saturated rings. The van der Waals surface area contributed by atoms with E-state index in [0.29, 0.717) is 0 Å². The number of rotatable bonds is 4. The Labute approximate surface area is 152 Å². The molecule has 26 heavy (non-hydrogen) atoms. The van der Waals surface area contributed by atoms with Crippen molar-refractivity contribution in [1.29, 1.82) is 0 Å². The Morgan fingerprint density at radius 1 is 0.731 bits per heavy atom. The zero-order valence-corrected chi connectivity index (χ0v) is 14.6. The molecule has 0 N–H and O–H groups in total. The first kappa shape index (κ1) is 16.5. The van der Waals surface area contributed by atoms with Crippen LogP contribution in [-0.4, -0.2) is 36.1 Å². The number of nitrogens with zero attached hydrogens (tertiary/aromatic N) is 4. The van der Waals surface area contributed by atoms with Crippen LogP contribution < -0.4 is 9.80 Å². The zero-order valence-electron chi connectivity index (χ0n) is 14.6. The fraction of sp³-hybridized carbons (Fsp3) is 0.238. The summed E-state index contributed by atoms with van der Waals surface area (Å²) < 4.78 is 13.0. The third-order valence-electron chi connectivity index (χ3n) is 4.71. The molecule has 3 aromatic rings. The molecular formula is C21H21FN4. The van der Waals surface area contributed by atoms with E-state index in [0.717, 1.165) is 55.4 Å². The molecule has 1 aliphatic heterocycles. The molecule has 2 aromatic heterocycles. The summed E-state index contributed by atoms with van der Waals surface area (Å²) in [7, 11) is 0. The van der Waals surface area contributed by atoms with E-state index in [1.807, 2.05) is 36.7 Å². The number of anilines is 2. The number of hydrogen-bond acceptors (Lipinski definition) is 4. The molecule has 0 saturated carbocycles. The Balaban J connectivity index is 1.36. The molecule has 0 bridgehead atoms. The van der Waals surface area contributed by atoms with Gasteiger partial charge in [-0.15, -0.1) is 0 Å². The summed E-state index contributed by atoms with van der Waals surface area (Å²) in [4.78, 5) is 13.7. The van der Waals surface area contributed by atoms with Gasteiger partial charge in [0, 0.05) is 38.6 Å². The van der Waals surface area contributed by atoms with Crippen LogP contribution in [0.3, 0.4) is 0 Å². The van der Waals surface area contributed by atoms with Crippen molar-refractivity contribution in [3.63, 3.8) is 0 Å². The fourth-order valence-electron chi connectivity index (χ4n) is 3.25. The first-order valence-electron chi connectivity index (χ1n) is 8.88. The monoisotopic (exact) mass is 348 g/mol. The van der Waals surface area contributed by atoms with Gasteiger partial charge in [-0.1, -0.05) is 24.3 Å². The van der Waals surface area contributed by atoms with Gasteiger partial charge in [0.25, 0.3) is 0 Å². The van der Waals surface area contributed by atoms with E-state index in [9.17, 15) is 4.39 Å². The van der Waals surface area contributed by atoms with Gasteiger partial charge in [0.15, 0.2) is 0 Å². The van der Waals surface area contributed by atoms with E-state index in [4.69, 9.17) is 0 Å². The number of aromatic nitrogens is 2. The third-order valence-corrected chi connectivity index (χ3v) is 4.71. The molecule has 0 aliphatic carbocycles. The van der Waals surface area contributed by atoms with Gasteiger partial charge in [0.2, 0.25) is 0 Å². The van der Waals surface area contributed by atoms with Crippen LogP contribution in [0.15, 0.2) is 67.0 Å². The van der Waals surface area contributed by atoms with Gasteiger partial charge in [0.1, 0.15) is 17.5 Å². The van der Waals surface area contributed by atoms with Gasteiger partial charge in [-0.05, 0) is 47.9 Å². The van der Waals surface area contributed by atoms with Crippen LogP contribution in [0.2, 0.25) is 0 Å². The Morgan fingerprint density at radius 2 is 1.38 bits per heavy atom. The van der Waals surface area contributed by atoms with Crippen molar-refractivity contribution < 1.29 is 4.39 Å². The van der Waals surface area contributed by atoms with Crippen LogP contribution in [-0.2, 0) is 6.42 Å². The van der Waals surface area contributed by atoms with Crippen molar-refractivity contribution in [1.82, 2.24) is 9.97 Å². The maximum Gasteiger partial charge on any atom is 0.128 e. The number of piperazine rings is 1. The number of benzene rings is 1. The molecule has 4 nitrogen and oxygen atoms in total. The Kier molecular flexibility index (Phi) is 4.78. The quantitative estimate of drug-likeness (QED) is 0.722. The van der Waals surface area contributed by atoms with Crippen molar-refractivity contribution in [3.05, 3.63) is 83.9 Å². The van der Waals surface area contributed by atoms with Gasteiger partial charge >= 0.3 is 0 Å². The van der Waals surface area contributed by atoms with Crippen LogP contribution in [0.5, 0.6) is 0 Å². The van der Waals surface area contributed by atoms with Gasteiger partial charge in [-0.3, -0.25) is 0 Å². The third kappa shape index (κ3) is 3.82. The lowest BCUT2D eigenvalue weighted by Gasteiger charge is -2.36. The molecular weight excluding hydrogens is 327 g/mol. The van der Waals surface area contributed by atoms with Crippen LogP contribution in [0, 0.1) is 5.82 Å². The minimum atomic E-state index is -0.202. The van der Waals surface area contributed by atoms with E-state index >= 15 is 0 Å². The molecule has 1 aliphatic rings. The summed E-state index contributed by atoms with van der Waals surface area (Å²) in [6, 6.07) is 16.8. The number of hydrogen-bond donors (Lipinski definition) is 0. The van der Waals surface area contributed by atoms with Crippen molar-refractivity contribution >= 4 is 11.6 Å². The van der Waals surface area contributed by atoms with E-state index in [1.54, 1.807) is 0 Å². The highest BCUT2D eigenvalue weighted by atomic mass is 19.1. The van der Waals surface area contributed by atoms with Crippen molar-refractivity contribution in [2.75, 3.05) is 36.0 Å². The minimum absolute atomic E-state index is 0.202. The topological polar surface area (TPSA) is 32.3 Å². The van der Waals surface area contributed by atoms with Crippen molar-refractivity contribution in [3.8, 4) is 0 Å². The molecule has 0 radical (unpaired) electrons. The van der Waals surface area contributed by atoms with E-state index < -0.39 is 0 Å². The number of pyridine rings is 2. The summed E-state index contributed by atoms with van der Waals surface area (Å²) in [5, 5.41) is 0. The molecule has 5 heteroatoms. The lowest BCUT2D eigenvalue weighted by molar-refractivity contribution is 0.627. The zero-order chi connectivity index (χ0) is 17.8. The predicted molar refractivity (Wildman–Crippen MR) is 102 cm³/mol. The highest BCUT2D eigenvalue weighted by molar-refractivity contribution is 5.45. The largest absolute Gasteiger partial charge is 0.353 e. The molecule has 4 rings (SSSR count). The van der Waals surface area contributed by atoms with E-state index in [-0.39, 0.29) is 5.82 Å². The molecule has 1 aromatic carbocycles. The predicted octanol–water partition coefficient (Wildman–Crippen LogP) is 3.53. The summed E-state index contributed by atoms with van der Waals surface area (Å²) in [5.41, 5.74) is 2.22. The fourth-order valence-corrected chi connectivity index (χ4v) is 3.25. The Bertz CT molecular complexity index is 826. The average molecular weight is 348 g/mol. The highest BCUT2D eigenvalue weighted by Crippen LogP contribution is 2.18. The Hall–Kier alpha value is -2.95. The van der Waals surface area contributed by atoms with Crippen molar-refractivity contribution in [2.24, 2.45) is 0 Å². The smallest absolute Gasteiger partial charge is 0.128 e. The standard InChI is InChI=1S/C21H21FN4/c22-19-7-4-17(5-8-19)15-18-6-9-21(24-16-18)26-13-11-25(12-14-26)20-3-1-2-10-23-20/h1-10,16H,11-15H2. The summed E-state index contributed by atoms with van der Waals surface area (Å²) in [6.07, 6.45) is 4.52. The first-order valence-corrected chi connectivity index (χ1v) is 8.88. The maximum atomic E-state index is 13.0. The molecule has 1 saturated heterocycles. The maximum absolute atomic E-state index is 13.0. The van der Waals surface area contributed by atoms with Gasteiger partial charge < -0.3 is 9.80 Å². The molecule has 0 amide bonds. The molecule has 0 spiro atoms. The second-order valence-corrected chi connectivity index (χ2v) is 6.49. The minimum Gasteiger partial charge on any atom is -0.353 e. The number of halogens is 1. The summed E-state index contributed by atoms with van der Waals surface area (Å²) >= 11 is 0. The van der Waals surface area contributed by atoms with Crippen molar-refractivity contribution in [2.45, 2.75) is 6.42 Å². The van der Waals surface area contributed by atoms with Gasteiger partial charge in [-0.25, -0.2) is 14.4 Å². The normalized spacial score (nSPS) is 14.5. The van der Waals surface area contributed by atoms with Crippen LogP contribution in [0.25, 0.3) is 0 Å². The van der Waals surface area contributed by atoms with Gasteiger partial charge in [0.05, 0.1) is 0 Å². The highest BCUT2D eigenvalue weighted by Gasteiger charge is 2.18. The lowest BCUT2D eigenvalue weighted by Crippen LogP contribution is -2.47. The first-order chi connectivity index (χ1) is 12.8. The second kappa shape index (κ2) is 7.52.